The molecular weight excluding hydrogens is 270 g/mol. The first-order valence-corrected chi connectivity index (χ1v) is 7.27. The number of hydrogen-bond acceptors (Lipinski definition) is 4. The molecule has 0 bridgehead atoms. The van der Waals surface area contributed by atoms with Crippen LogP contribution in [0.3, 0.4) is 0 Å². The van der Waals surface area contributed by atoms with Crippen LogP contribution in [-0.2, 0) is 11.3 Å². The van der Waals surface area contributed by atoms with Crippen LogP contribution in [0.4, 0.5) is 0 Å². The quantitative estimate of drug-likeness (QED) is 0.836. The summed E-state index contributed by atoms with van der Waals surface area (Å²) >= 11 is 0. The highest BCUT2D eigenvalue weighted by molar-refractivity contribution is 5.66. The number of methoxy groups -OCH3 is 2. The molecule has 1 unspecified atom stereocenters. The maximum atomic E-state index is 10.6. The Morgan fingerprint density at radius 3 is 2.86 bits per heavy atom. The molecular formula is C16H23NO4. The van der Waals surface area contributed by atoms with Gasteiger partial charge in [-0.15, -0.1) is 0 Å². The third-order valence-electron chi connectivity index (χ3n) is 4.02. The lowest BCUT2D eigenvalue weighted by Gasteiger charge is -2.18. The minimum atomic E-state index is -0.703. The van der Waals surface area contributed by atoms with Gasteiger partial charge in [0.05, 0.1) is 14.2 Å². The molecule has 0 radical (unpaired) electrons. The topological polar surface area (TPSA) is 59.0 Å². The largest absolute Gasteiger partial charge is 0.497 e. The van der Waals surface area contributed by atoms with E-state index in [0.29, 0.717) is 5.92 Å². The Morgan fingerprint density at radius 2 is 2.19 bits per heavy atom. The molecule has 21 heavy (non-hydrogen) atoms. The number of carboxylic acids is 1. The zero-order valence-corrected chi connectivity index (χ0v) is 12.7. The van der Waals surface area contributed by atoms with Gasteiger partial charge in [-0.3, -0.25) is 9.69 Å². The van der Waals surface area contributed by atoms with Crippen molar-refractivity contribution in [1.29, 1.82) is 0 Å². The van der Waals surface area contributed by atoms with Crippen molar-refractivity contribution in [3.63, 3.8) is 0 Å². The van der Waals surface area contributed by atoms with Crippen molar-refractivity contribution >= 4 is 5.97 Å². The highest BCUT2D eigenvalue weighted by atomic mass is 16.5. The van der Waals surface area contributed by atoms with Crippen molar-refractivity contribution in [3.05, 3.63) is 23.8 Å². The molecule has 1 atom stereocenters. The van der Waals surface area contributed by atoms with E-state index in [9.17, 15) is 4.79 Å². The lowest BCUT2D eigenvalue weighted by Crippen LogP contribution is -2.20. The third kappa shape index (κ3) is 4.36. The fourth-order valence-corrected chi connectivity index (χ4v) is 2.84. The zero-order valence-electron chi connectivity index (χ0n) is 12.7. The number of aliphatic carboxylic acids is 1. The Morgan fingerprint density at radius 1 is 1.38 bits per heavy atom. The minimum Gasteiger partial charge on any atom is -0.497 e. The summed E-state index contributed by atoms with van der Waals surface area (Å²) in [5, 5.41) is 8.75. The van der Waals surface area contributed by atoms with Crippen molar-refractivity contribution in [3.8, 4) is 11.5 Å². The molecule has 1 saturated heterocycles. The first kappa shape index (κ1) is 15.6. The number of rotatable bonds is 7. The number of hydrogen-bond donors (Lipinski definition) is 1. The normalized spacial score (nSPS) is 18.7. The van der Waals surface area contributed by atoms with E-state index in [2.05, 4.69) is 4.90 Å². The molecule has 1 aliphatic rings. The highest BCUT2D eigenvalue weighted by Crippen LogP contribution is 2.28. The minimum absolute atomic E-state index is 0.268. The van der Waals surface area contributed by atoms with Gasteiger partial charge in [-0.05, 0) is 31.4 Å². The smallest absolute Gasteiger partial charge is 0.303 e. The van der Waals surface area contributed by atoms with E-state index < -0.39 is 5.97 Å². The van der Waals surface area contributed by atoms with Gasteiger partial charge in [-0.2, -0.15) is 0 Å². The monoisotopic (exact) mass is 293 g/mol. The second-order valence-electron chi connectivity index (χ2n) is 5.50. The average molecular weight is 293 g/mol. The van der Waals surface area contributed by atoms with Crippen molar-refractivity contribution < 1.29 is 19.4 Å². The Kier molecular flexibility index (Phi) is 5.44. The number of nitrogens with zero attached hydrogens (tertiary/aromatic N) is 1. The van der Waals surface area contributed by atoms with Crippen LogP contribution in [0, 0.1) is 5.92 Å². The molecule has 5 heteroatoms. The van der Waals surface area contributed by atoms with Gasteiger partial charge in [0.25, 0.3) is 0 Å². The fraction of sp³-hybridized carbons (Fsp3) is 0.562. The second kappa shape index (κ2) is 7.31. The summed E-state index contributed by atoms with van der Waals surface area (Å²) in [6, 6.07) is 5.87. The number of ether oxygens (including phenoxy) is 2. The summed E-state index contributed by atoms with van der Waals surface area (Å²) in [5.74, 6) is 1.41. The molecule has 1 aromatic carbocycles. The molecule has 1 aliphatic heterocycles. The van der Waals surface area contributed by atoms with Crippen LogP contribution in [0.2, 0.25) is 0 Å². The van der Waals surface area contributed by atoms with Crippen molar-refractivity contribution in [1.82, 2.24) is 4.90 Å². The Labute approximate surface area is 125 Å². The number of likely N-dealkylation sites (tertiary alicyclic amines) is 1. The first-order valence-electron chi connectivity index (χ1n) is 7.27. The van der Waals surface area contributed by atoms with Crippen molar-refractivity contribution in [2.24, 2.45) is 5.92 Å². The molecule has 116 valence electrons. The molecule has 0 aliphatic carbocycles. The van der Waals surface area contributed by atoms with Gasteiger partial charge in [0, 0.05) is 31.1 Å². The summed E-state index contributed by atoms with van der Waals surface area (Å²) in [6.07, 6.45) is 2.11. The Balaban J connectivity index is 1.92. The van der Waals surface area contributed by atoms with E-state index in [1.165, 1.54) is 0 Å². The number of carbonyl (C=O) groups is 1. The fourth-order valence-electron chi connectivity index (χ4n) is 2.84. The van der Waals surface area contributed by atoms with Crippen LogP contribution in [0.5, 0.6) is 11.5 Å². The molecule has 0 spiro atoms. The van der Waals surface area contributed by atoms with Gasteiger partial charge in [0.1, 0.15) is 11.5 Å². The molecule has 1 heterocycles. The summed E-state index contributed by atoms with van der Waals surface area (Å²) in [7, 11) is 3.31. The van der Waals surface area contributed by atoms with Crippen LogP contribution < -0.4 is 9.47 Å². The molecule has 1 fully saturated rings. The SMILES string of the molecule is COc1ccc(CN2CCC(CCC(=O)O)C2)c(OC)c1. The molecule has 1 N–H and O–H groups in total. The maximum absolute atomic E-state index is 10.6. The molecule has 0 saturated carbocycles. The molecule has 0 amide bonds. The number of benzene rings is 1. The lowest BCUT2D eigenvalue weighted by molar-refractivity contribution is -0.137. The van der Waals surface area contributed by atoms with E-state index in [4.69, 9.17) is 14.6 Å². The summed E-state index contributed by atoms with van der Waals surface area (Å²) in [5.41, 5.74) is 1.14. The highest BCUT2D eigenvalue weighted by Gasteiger charge is 2.23. The van der Waals surface area contributed by atoms with Crippen molar-refractivity contribution in [2.45, 2.75) is 25.8 Å². The zero-order chi connectivity index (χ0) is 15.2. The molecule has 5 nitrogen and oxygen atoms in total. The van der Waals surface area contributed by atoms with E-state index in [1.807, 2.05) is 18.2 Å². The van der Waals surface area contributed by atoms with Crippen LogP contribution >= 0.6 is 0 Å². The predicted octanol–water partition coefficient (Wildman–Crippen LogP) is 2.39. The Bertz CT molecular complexity index is 489. The Hall–Kier alpha value is -1.75. The van der Waals surface area contributed by atoms with Crippen LogP contribution in [0.15, 0.2) is 18.2 Å². The van der Waals surface area contributed by atoms with Gasteiger partial charge in [-0.1, -0.05) is 6.07 Å². The van der Waals surface area contributed by atoms with Gasteiger partial charge in [0.15, 0.2) is 0 Å². The summed E-state index contributed by atoms with van der Waals surface area (Å²) in [4.78, 5) is 13.0. The van der Waals surface area contributed by atoms with E-state index in [0.717, 1.165) is 49.5 Å². The van der Waals surface area contributed by atoms with Crippen LogP contribution in [-0.4, -0.2) is 43.3 Å². The summed E-state index contributed by atoms with van der Waals surface area (Å²) < 4.78 is 10.6. The van der Waals surface area contributed by atoms with Crippen LogP contribution in [0.25, 0.3) is 0 Å². The summed E-state index contributed by atoms with van der Waals surface area (Å²) in [6.45, 7) is 2.80. The predicted molar refractivity (Wildman–Crippen MR) is 79.8 cm³/mol. The van der Waals surface area contributed by atoms with Crippen LogP contribution in [0.1, 0.15) is 24.8 Å². The third-order valence-corrected chi connectivity index (χ3v) is 4.02. The molecule has 1 aromatic rings. The van der Waals surface area contributed by atoms with Crippen molar-refractivity contribution in [2.75, 3.05) is 27.3 Å². The van der Waals surface area contributed by atoms with E-state index in [1.54, 1.807) is 14.2 Å². The molecule has 0 aromatic heterocycles. The van der Waals surface area contributed by atoms with Gasteiger partial charge in [-0.25, -0.2) is 0 Å². The van der Waals surface area contributed by atoms with E-state index >= 15 is 0 Å². The van der Waals surface area contributed by atoms with E-state index in [-0.39, 0.29) is 6.42 Å². The molecule has 2 rings (SSSR count). The van der Waals surface area contributed by atoms with Gasteiger partial charge < -0.3 is 14.6 Å². The van der Waals surface area contributed by atoms with Gasteiger partial charge >= 0.3 is 5.97 Å². The maximum Gasteiger partial charge on any atom is 0.303 e. The lowest BCUT2D eigenvalue weighted by atomic mass is 10.0. The van der Waals surface area contributed by atoms with Gasteiger partial charge in [0.2, 0.25) is 0 Å². The standard InChI is InChI=1S/C16H23NO4/c1-20-14-5-4-13(15(9-14)21-2)11-17-8-7-12(10-17)3-6-16(18)19/h4-5,9,12H,3,6-8,10-11H2,1-2H3,(H,18,19). The average Bonchev–Trinajstić information content (AvgIpc) is 2.93. The number of carboxylic acid groups (broad SMARTS) is 1. The first-order chi connectivity index (χ1) is 10.1. The second-order valence-corrected chi connectivity index (χ2v) is 5.50.